The van der Waals surface area contributed by atoms with E-state index in [9.17, 15) is 4.79 Å². The highest BCUT2D eigenvalue weighted by molar-refractivity contribution is 5.83. The van der Waals surface area contributed by atoms with E-state index in [1.807, 2.05) is 12.3 Å². The van der Waals surface area contributed by atoms with Crippen LogP contribution in [-0.2, 0) is 11.2 Å². The molecule has 3 heterocycles. The Labute approximate surface area is 197 Å². The number of fused-ring (bicyclic) bond motifs is 1. The minimum atomic E-state index is 0.313. The molecule has 0 spiro atoms. The fourth-order valence-electron chi connectivity index (χ4n) is 5.31. The number of amides is 1. The predicted molar refractivity (Wildman–Crippen MR) is 134 cm³/mol. The summed E-state index contributed by atoms with van der Waals surface area (Å²) in [5, 5.41) is 2.51. The second-order valence-electron chi connectivity index (χ2n) is 9.51. The van der Waals surface area contributed by atoms with Crippen LogP contribution >= 0.6 is 0 Å². The number of rotatable bonds is 6. The van der Waals surface area contributed by atoms with Crippen LogP contribution in [0.25, 0.3) is 10.8 Å². The van der Waals surface area contributed by atoms with Gasteiger partial charge in [-0.3, -0.25) is 9.69 Å². The Morgan fingerprint density at radius 3 is 2.55 bits per heavy atom. The molecule has 2 aliphatic rings. The van der Waals surface area contributed by atoms with E-state index in [4.69, 9.17) is 0 Å². The highest BCUT2D eigenvalue weighted by Gasteiger charge is 2.26. The van der Waals surface area contributed by atoms with Crippen LogP contribution in [0.1, 0.15) is 24.8 Å². The van der Waals surface area contributed by atoms with Crippen LogP contribution in [0.15, 0.2) is 66.9 Å². The molecular weight excluding hydrogens is 408 g/mol. The first-order valence-corrected chi connectivity index (χ1v) is 12.4. The Kier molecular flexibility index (Phi) is 6.87. The van der Waals surface area contributed by atoms with E-state index in [0.29, 0.717) is 18.2 Å². The van der Waals surface area contributed by atoms with Crippen LogP contribution in [0.5, 0.6) is 0 Å². The molecule has 5 nitrogen and oxygen atoms in total. The van der Waals surface area contributed by atoms with E-state index in [0.717, 1.165) is 64.5 Å². The highest BCUT2D eigenvalue weighted by Crippen LogP contribution is 2.21. The number of anilines is 1. The molecule has 3 aromatic rings. The molecule has 2 fully saturated rings. The fourth-order valence-corrected chi connectivity index (χ4v) is 5.31. The summed E-state index contributed by atoms with van der Waals surface area (Å²) in [7, 11) is 0. The minimum absolute atomic E-state index is 0.313. The summed E-state index contributed by atoms with van der Waals surface area (Å²) in [6, 6.07) is 21.1. The van der Waals surface area contributed by atoms with E-state index in [2.05, 4.69) is 74.3 Å². The van der Waals surface area contributed by atoms with Crippen LogP contribution in [-0.4, -0.2) is 66.5 Å². The summed E-state index contributed by atoms with van der Waals surface area (Å²) in [6.07, 6.45) is 5.65. The van der Waals surface area contributed by atoms with Crippen molar-refractivity contribution in [3.05, 3.63) is 72.4 Å². The summed E-state index contributed by atoms with van der Waals surface area (Å²) in [5.74, 6) is 1.98. The lowest BCUT2D eigenvalue weighted by molar-refractivity contribution is -0.133. The van der Waals surface area contributed by atoms with Gasteiger partial charge in [0.05, 0.1) is 0 Å². The van der Waals surface area contributed by atoms with Crippen molar-refractivity contribution in [1.29, 1.82) is 0 Å². The Morgan fingerprint density at radius 2 is 1.73 bits per heavy atom. The average Bonchev–Trinajstić information content (AvgIpc) is 2.88. The standard InChI is InChI=1S/C28H34N4O/c33-28(13-11-23-10-12-25-7-1-2-8-26(25)20-23)32-15-5-6-24(22-32)21-30-16-18-31(19-17-30)27-9-3-4-14-29-27/h1-4,7-10,12,14,20,24H,5-6,11,13,15-19,21-22H2/t24-/m0/s1. The number of pyridine rings is 1. The average molecular weight is 443 g/mol. The molecule has 1 aromatic heterocycles. The first-order chi connectivity index (χ1) is 16.2. The molecule has 1 atom stereocenters. The van der Waals surface area contributed by atoms with Gasteiger partial charge in [-0.2, -0.15) is 0 Å². The van der Waals surface area contributed by atoms with E-state index in [1.165, 1.54) is 22.8 Å². The van der Waals surface area contributed by atoms with Crippen molar-refractivity contribution in [1.82, 2.24) is 14.8 Å². The molecule has 0 N–H and O–H groups in total. The molecular formula is C28H34N4O. The minimum Gasteiger partial charge on any atom is -0.354 e. The Bertz CT molecular complexity index is 1060. The second-order valence-corrected chi connectivity index (χ2v) is 9.51. The maximum absolute atomic E-state index is 13.0. The van der Waals surface area contributed by atoms with Gasteiger partial charge in [0.1, 0.15) is 5.82 Å². The topological polar surface area (TPSA) is 39.7 Å². The number of carbonyl (C=O) groups is 1. The normalized spacial score (nSPS) is 19.7. The Balaban J connectivity index is 1.09. The number of hydrogen-bond acceptors (Lipinski definition) is 4. The molecule has 0 saturated carbocycles. The number of nitrogens with zero attached hydrogens (tertiary/aromatic N) is 4. The van der Waals surface area contributed by atoms with E-state index in [-0.39, 0.29) is 0 Å². The van der Waals surface area contributed by atoms with E-state index in [1.54, 1.807) is 0 Å². The lowest BCUT2D eigenvalue weighted by atomic mass is 9.96. The molecule has 2 aliphatic heterocycles. The third kappa shape index (κ3) is 5.53. The van der Waals surface area contributed by atoms with Crippen LogP contribution in [0.4, 0.5) is 5.82 Å². The quantitative estimate of drug-likeness (QED) is 0.573. The van der Waals surface area contributed by atoms with E-state index < -0.39 is 0 Å². The molecule has 0 aliphatic carbocycles. The SMILES string of the molecule is O=C(CCc1ccc2ccccc2c1)N1CCC[C@@H](CN2CCN(c3ccccn3)CC2)C1. The van der Waals surface area contributed by atoms with Crippen LogP contribution < -0.4 is 4.90 Å². The third-order valence-corrected chi connectivity index (χ3v) is 7.18. The fraction of sp³-hybridized carbons (Fsp3) is 0.429. The molecule has 33 heavy (non-hydrogen) atoms. The van der Waals surface area contributed by atoms with Gasteiger partial charge < -0.3 is 9.80 Å². The summed E-state index contributed by atoms with van der Waals surface area (Å²) in [4.78, 5) is 24.5. The van der Waals surface area contributed by atoms with Gasteiger partial charge in [-0.05, 0) is 53.6 Å². The Hall–Kier alpha value is -2.92. The number of hydrogen-bond donors (Lipinski definition) is 0. The monoisotopic (exact) mass is 442 g/mol. The lowest BCUT2D eigenvalue weighted by Gasteiger charge is -2.39. The number of aryl methyl sites for hydroxylation is 1. The van der Waals surface area contributed by atoms with Gasteiger partial charge >= 0.3 is 0 Å². The highest BCUT2D eigenvalue weighted by atomic mass is 16.2. The van der Waals surface area contributed by atoms with E-state index >= 15 is 0 Å². The number of aromatic nitrogens is 1. The van der Waals surface area contributed by atoms with Crippen molar-refractivity contribution in [2.75, 3.05) is 50.7 Å². The van der Waals surface area contributed by atoms with Crippen LogP contribution in [0.3, 0.4) is 0 Å². The van der Waals surface area contributed by atoms with Crippen molar-refractivity contribution in [3.63, 3.8) is 0 Å². The predicted octanol–water partition coefficient (Wildman–Crippen LogP) is 4.23. The molecule has 1 amide bonds. The zero-order valence-corrected chi connectivity index (χ0v) is 19.4. The van der Waals surface area contributed by atoms with Gasteiger partial charge in [0.15, 0.2) is 0 Å². The van der Waals surface area contributed by atoms with Crippen molar-refractivity contribution in [2.45, 2.75) is 25.7 Å². The number of piperazine rings is 1. The van der Waals surface area contributed by atoms with Gasteiger partial charge in [-0.1, -0.05) is 48.5 Å². The second kappa shape index (κ2) is 10.3. The maximum atomic E-state index is 13.0. The molecule has 0 bridgehead atoms. The van der Waals surface area contributed by atoms with Crippen molar-refractivity contribution in [3.8, 4) is 0 Å². The third-order valence-electron chi connectivity index (χ3n) is 7.18. The van der Waals surface area contributed by atoms with Crippen LogP contribution in [0, 0.1) is 5.92 Å². The van der Waals surface area contributed by atoms with Crippen LogP contribution in [0.2, 0.25) is 0 Å². The zero-order chi connectivity index (χ0) is 22.5. The van der Waals surface area contributed by atoms with Gasteiger partial charge in [0.25, 0.3) is 0 Å². The maximum Gasteiger partial charge on any atom is 0.222 e. The largest absolute Gasteiger partial charge is 0.354 e. The van der Waals surface area contributed by atoms with Gasteiger partial charge in [0, 0.05) is 58.4 Å². The number of benzene rings is 2. The Morgan fingerprint density at radius 1 is 0.909 bits per heavy atom. The van der Waals surface area contributed by atoms with Gasteiger partial charge in [-0.15, -0.1) is 0 Å². The summed E-state index contributed by atoms with van der Waals surface area (Å²) in [6.45, 7) is 7.13. The molecule has 2 saturated heterocycles. The number of piperidine rings is 1. The number of likely N-dealkylation sites (tertiary alicyclic amines) is 1. The van der Waals surface area contributed by atoms with Crippen molar-refractivity contribution < 1.29 is 4.79 Å². The summed E-state index contributed by atoms with van der Waals surface area (Å²) in [5.41, 5.74) is 1.25. The first kappa shape index (κ1) is 21.9. The van der Waals surface area contributed by atoms with Gasteiger partial charge in [0.2, 0.25) is 5.91 Å². The molecule has 172 valence electrons. The summed E-state index contributed by atoms with van der Waals surface area (Å²) < 4.78 is 0. The molecule has 5 rings (SSSR count). The molecule has 2 aromatic carbocycles. The van der Waals surface area contributed by atoms with Crippen molar-refractivity contribution >= 4 is 22.5 Å². The van der Waals surface area contributed by atoms with Gasteiger partial charge in [-0.25, -0.2) is 4.98 Å². The van der Waals surface area contributed by atoms with Crippen molar-refractivity contribution in [2.24, 2.45) is 5.92 Å². The lowest BCUT2D eigenvalue weighted by Crippen LogP contribution is -2.50. The molecule has 0 unspecified atom stereocenters. The molecule has 0 radical (unpaired) electrons. The summed E-state index contributed by atoms with van der Waals surface area (Å²) >= 11 is 0. The number of carbonyl (C=O) groups excluding carboxylic acids is 1. The zero-order valence-electron chi connectivity index (χ0n) is 19.4. The first-order valence-electron chi connectivity index (χ1n) is 12.4. The molecule has 5 heteroatoms. The smallest absolute Gasteiger partial charge is 0.222 e.